The lowest BCUT2D eigenvalue weighted by Crippen LogP contribution is -2.27. The van der Waals surface area contributed by atoms with Crippen LogP contribution in [0.2, 0.25) is 0 Å². The highest BCUT2D eigenvalue weighted by Crippen LogP contribution is 2.04. The Balaban J connectivity index is 3.74. The maximum Gasteiger partial charge on any atom is 0.144 e. The van der Waals surface area contributed by atoms with Crippen molar-refractivity contribution in [3.63, 3.8) is 0 Å². The molecule has 64 valence electrons. The molecular weight excluding hydrogens is 142 g/mol. The van der Waals surface area contributed by atoms with E-state index in [1.54, 1.807) is 13.8 Å². The third-order valence-electron chi connectivity index (χ3n) is 1.57. The van der Waals surface area contributed by atoms with Crippen molar-refractivity contribution in [2.75, 3.05) is 0 Å². The molecule has 3 nitrogen and oxygen atoms in total. The van der Waals surface area contributed by atoms with Gasteiger partial charge in [-0.25, -0.2) is 0 Å². The molecule has 0 saturated heterocycles. The predicted octanol–water partition coefficient (Wildman–Crippen LogP) is 1.07. The first-order chi connectivity index (χ1) is 5.11. The second-order valence-corrected chi connectivity index (χ2v) is 2.61. The lowest BCUT2D eigenvalue weighted by molar-refractivity contribution is -0.0422. The normalized spacial score (nSPS) is 18.5. The van der Waals surface area contributed by atoms with Crippen molar-refractivity contribution >= 4 is 0 Å². The van der Waals surface area contributed by atoms with Gasteiger partial charge in [0.2, 0.25) is 0 Å². The Morgan fingerprint density at radius 1 is 1.55 bits per heavy atom. The Hall–Kier alpha value is -0.590. The molecule has 0 aliphatic rings. The van der Waals surface area contributed by atoms with Gasteiger partial charge in [0.05, 0.1) is 18.3 Å². The third-order valence-corrected chi connectivity index (χ3v) is 1.57. The van der Waals surface area contributed by atoms with E-state index in [0.717, 1.165) is 0 Å². The van der Waals surface area contributed by atoms with E-state index in [2.05, 4.69) is 0 Å². The maximum absolute atomic E-state index is 9.03. The average Bonchev–Trinajstić information content (AvgIpc) is 1.99. The molecule has 3 heteroatoms. The van der Waals surface area contributed by atoms with Gasteiger partial charge >= 0.3 is 0 Å². The van der Waals surface area contributed by atoms with E-state index in [1.807, 2.05) is 13.0 Å². The fourth-order valence-corrected chi connectivity index (χ4v) is 0.591. The molecule has 0 spiro atoms. The van der Waals surface area contributed by atoms with Crippen LogP contribution in [0.15, 0.2) is 0 Å². The van der Waals surface area contributed by atoms with Crippen molar-refractivity contribution in [2.24, 2.45) is 0 Å². The zero-order chi connectivity index (χ0) is 8.85. The summed E-state index contributed by atoms with van der Waals surface area (Å²) in [6.07, 6.45) is -0.510. The van der Waals surface area contributed by atoms with Gasteiger partial charge in [-0.3, -0.25) is 0 Å². The number of nitriles is 1. The van der Waals surface area contributed by atoms with E-state index in [4.69, 9.17) is 15.1 Å². The zero-order valence-electron chi connectivity index (χ0n) is 7.24. The van der Waals surface area contributed by atoms with Crippen molar-refractivity contribution in [3.05, 3.63) is 0 Å². The highest BCUT2D eigenvalue weighted by Gasteiger charge is 2.14. The van der Waals surface area contributed by atoms with Crippen LogP contribution in [-0.4, -0.2) is 23.4 Å². The minimum Gasteiger partial charge on any atom is -0.391 e. The molecule has 0 heterocycles. The number of hydrogen-bond donors (Lipinski definition) is 1. The van der Waals surface area contributed by atoms with Gasteiger partial charge in [-0.2, -0.15) is 5.26 Å². The molecule has 0 fully saturated rings. The smallest absolute Gasteiger partial charge is 0.144 e. The van der Waals surface area contributed by atoms with E-state index < -0.39 is 6.10 Å². The van der Waals surface area contributed by atoms with E-state index in [-0.39, 0.29) is 12.2 Å². The second kappa shape index (κ2) is 5.11. The zero-order valence-corrected chi connectivity index (χ0v) is 7.24. The molecule has 0 aromatic carbocycles. The van der Waals surface area contributed by atoms with E-state index in [9.17, 15) is 0 Å². The first-order valence-corrected chi connectivity index (χ1v) is 3.85. The summed E-state index contributed by atoms with van der Waals surface area (Å²) in [5, 5.41) is 17.5. The van der Waals surface area contributed by atoms with Crippen LogP contribution in [0.1, 0.15) is 27.2 Å². The van der Waals surface area contributed by atoms with Crippen molar-refractivity contribution < 1.29 is 9.84 Å². The summed E-state index contributed by atoms with van der Waals surface area (Å²) in [7, 11) is 0. The van der Waals surface area contributed by atoms with Crippen LogP contribution >= 0.6 is 0 Å². The Kier molecular flexibility index (Phi) is 4.84. The van der Waals surface area contributed by atoms with E-state index in [0.29, 0.717) is 6.42 Å². The molecule has 0 aliphatic carbocycles. The molecule has 11 heavy (non-hydrogen) atoms. The fraction of sp³-hybridized carbons (Fsp3) is 0.875. The van der Waals surface area contributed by atoms with E-state index in [1.165, 1.54) is 0 Å². The highest BCUT2D eigenvalue weighted by molar-refractivity contribution is 4.83. The summed E-state index contributed by atoms with van der Waals surface area (Å²) in [4.78, 5) is 0. The van der Waals surface area contributed by atoms with Crippen LogP contribution in [-0.2, 0) is 4.74 Å². The fourth-order valence-electron chi connectivity index (χ4n) is 0.591. The number of ether oxygens (including phenoxy) is 1. The topological polar surface area (TPSA) is 53.2 Å². The van der Waals surface area contributed by atoms with Crippen molar-refractivity contribution in [1.29, 1.82) is 5.26 Å². The predicted molar refractivity (Wildman–Crippen MR) is 41.9 cm³/mol. The number of hydrogen-bond acceptors (Lipinski definition) is 3. The largest absolute Gasteiger partial charge is 0.391 e. The quantitative estimate of drug-likeness (QED) is 0.664. The van der Waals surface area contributed by atoms with Crippen molar-refractivity contribution in [1.82, 2.24) is 0 Å². The maximum atomic E-state index is 9.03. The Labute approximate surface area is 67.6 Å². The minimum absolute atomic E-state index is 0.264. The number of aliphatic hydroxyl groups excluding tert-OH is 1. The first-order valence-electron chi connectivity index (χ1n) is 3.85. The van der Waals surface area contributed by atoms with E-state index >= 15 is 0 Å². The summed E-state index contributed by atoms with van der Waals surface area (Å²) < 4.78 is 5.20. The summed E-state index contributed by atoms with van der Waals surface area (Å²) in [6.45, 7) is 5.28. The molecule has 0 rings (SSSR count). The highest BCUT2D eigenvalue weighted by atomic mass is 16.5. The van der Waals surface area contributed by atoms with Crippen LogP contribution in [0.5, 0.6) is 0 Å². The Morgan fingerprint density at radius 2 is 2.09 bits per heavy atom. The standard InChI is InChI=1S/C8H15NO2/c1-4-8(5-9)11-7(3)6(2)10/h6-8,10H,4H2,1-3H3. The number of nitrogens with zero attached hydrogens (tertiary/aromatic N) is 1. The summed E-state index contributed by atoms with van der Waals surface area (Å²) in [5.74, 6) is 0. The van der Waals surface area contributed by atoms with Crippen LogP contribution in [0.4, 0.5) is 0 Å². The monoisotopic (exact) mass is 157 g/mol. The van der Waals surface area contributed by atoms with Gasteiger partial charge < -0.3 is 9.84 Å². The third kappa shape index (κ3) is 3.97. The van der Waals surface area contributed by atoms with Gasteiger partial charge in [-0.1, -0.05) is 6.92 Å². The van der Waals surface area contributed by atoms with Crippen molar-refractivity contribution in [3.8, 4) is 6.07 Å². The molecule has 0 aliphatic heterocycles. The molecule has 3 atom stereocenters. The molecule has 1 N–H and O–H groups in total. The first kappa shape index (κ1) is 10.4. The number of rotatable bonds is 4. The van der Waals surface area contributed by atoms with Gasteiger partial charge in [0.15, 0.2) is 0 Å². The van der Waals surface area contributed by atoms with Gasteiger partial charge in [-0.15, -0.1) is 0 Å². The molecule has 0 aromatic rings. The van der Waals surface area contributed by atoms with Gasteiger partial charge in [0, 0.05) is 0 Å². The summed E-state index contributed by atoms with van der Waals surface area (Å²) >= 11 is 0. The molecule has 0 aromatic heterocycles. The Morgan fingerprint density at radius 3 is 2.36 bits per heavy atom. The van der Waals surface area contributed by atoms with Crippen LogP contribution in [0.3, 0.4) is 0 Å². The molecular formula is C8H15NO2. The average molecular weight is 157 g/mol. The number of aliphatic hydroxyl groups is 1. The lowest BCUT2D eigenvalue weighted by atomic mass is 10.2. The molecule has 3 unspecified atom stereocenters. The molecule has 0 saturated carbocycles. The summed E-state index contributed by atoms with van der Waals surface area (Å²) in [5.41, 5.74) is 0. The lowest BCUT2D eigenvalue weighted by Gasteiger charge is -2.18. The van der Waals surface area contributed by atoms with Crippen LogP contribution in [0.25, 0.3) is 0 Å². The van der Waals surface area contributed by atoms with Crippen LogP contribution < -0.4 is 0 Å². The molecule has 0 bridgehead atoms. The SMILES string of the molecule is CCC(C#N)OC(C)C(C)O. The Bertz CT molecular complexity index is 140. The van der Waals surface area contributed by atoms with Gasteiger partial charge in [0.25, 0.3) is 0 Å². The van der Waals surface area contributed by atoms with Crippen LogP contribution in [0, 0.1) is 11.3 Å². The molecule has 0 radical (unpaired) electrons. The summed E-state index contributed by atoms with van der Waals surface area (Å²) in [6, 6.07) is 2.00. The van der Waals surface area contributed by atoms with Gasteiger partial charge in [-0.05, 0) is 20.3 Å². The molecule has 0 amide bonds. The van der Waals surface area contributed by atoms with Gasteiger partial charge in [0.1, 0.15) is 6.10 Å². The second-order valence-electron chi connectivity index (χ2n) is 2.61. The van der Waals surface area contributed by atoms with Crippen molar-refractivity contribution in [2.45, 2.75) is 45.5 Å². The minimum atomic E-state index is -0.516.